The molecule has 1 aliphatic heterocycles. The molecule has 0 spiro atoms. The molecule has 31 heavy (non-hydrogen) atoms. The second kappa shape index (κ2) is 9.80. The number of amides is 1. The van der Waals surface area contributed by atoms with Crippen LogP contribution in [-0.4, -0.2) is 44.1 Å². The van der Waals surface area contributed by atoms with Gasteiger partial charge in [-0.2, -0.15) is 4.31 Å². The molecular formula is C22H25ClN2O5S. The maximum absolute atomic E-state index is 13.0. The number of ether oxygens (including phenoxy) is 1. The monoisotopic (exact) mass is 464 g/mol. The Balaban J connectivity index is 1.71. The molecule has 0 radical (unpaired) electrons. The van der Waals surface area contributed by atoms with E-state index in [-0.39, 0.29) is 28.6 Å². The van der Waals surface area contributed by atoms with Crippen molar-refractivity contribution in [2.45, 2.75) is 38.0 Å². The molecule has 0 aliphatic carbocycles. The highest BCUT2D eigenvalue weighted by atomic mass is 35.5. The van der Waals surface area contributed by atoms with Crippen LogP contribution in [0.2, 0.25) is 5.02 Å². The summed E-state index contributed by atoms with van der Waals surface area (Å²) in [6.45, 7) is 3.78. The van der Waals surface area contributed by atoms with Crippen molar-refractivity contribution < 1.29 is 22.7 Å². The van der Waals surface area contributed by atoms with Crippen LogP contribution in [0.4, 0.5) is 5.69 Å². The fourth-order valence-corrected chi connectivity index (χ4v) is 5.38. The Labute approximate surface area is 187 Å². The third-order valence-electron chi connectivity index (χ3n) is 5.08. The molecule has 1 amide bonds. The molecule has 2 aromatic carbocycles. The number of rotatable bonds is 7. The molecule has 0 saturated carbocycles. The number of carbonyl (C=O) groups excluding carboxylic acids is 2. The van der Waals surface area contributed by atoms with Crippen molar-refractivity contribution >= 4 is 39.0 Å². The largest absolute Gasteiger partial charge is 0.483 e. The Bertz CT molecular complexity index is 1100. The number of nitrogens with one attached hydrogen (secondary N) is 1. The summed E-state index contributed by atoms with van der Waals surface area (Å²) < 4.78 is 33.0. The molecule has 1 N–H and O–H groups in total. The van der Waals surface area contributed by atoms with Gasteiger partial charge in [0, 0.05) is 23.8 Å². The van der Waals surface area contributed by atoms with Gasteiger partial charge in [-0.1, -0.05) is 24.1 Å². The van der Waals surface area contributed by atoms with Crippen LogP contribution >= 0.6 is 11.6 Å². The highest BCUT2D eigenvalue weighted by Crippen LogP contribution is 2.26. The minimum Gasteiger partial charge on any atom is -0.483 e. The first-order valence-corrected chi connectivity index (χ1v) is 11.8. The van der Waals surface area contributed by atoms with Crippen molar-refractivity contribution in [3.8, 4) is 5.75 Å². The molecule has 0 aromatic heterocycles. The van der Waals surface area contributed by atoms with E-state index >= 15 is 0 Å². The third-order valence-corrected chi connectivity index (χ3v) is 7.36. The number of halogens is 1. The number of anilines is 1. The molecule has 3 rings (SSSR count). The first kappa shape index (κ1) is 23.2. The van der Waals surface area contributed by atoms with Crippen LogP contribution in [0, 0.1) is 6.92 Å². The molecule has 1 fully saturated rings. The van der Waals surface area contributed by atoms with E-state index in [0.29, 0.717) is 29.4 Å². The van der Waals surface area contributed by atoms with Gasteiger partial charge >= 0.3 is 0 Å². The van der Waals surface area contributed by atoms with Crippen molar-refractivity contribution in [1.29, 1.82) is 0 Å². The van der Waals surface area contributed by atoms with Gasteiger partial charge in [0.2, 0.25) is 10.0 Å². The number of nitrogens with zero attached hydrogens (tertiary/aromatic N) is 1. The molecule has 1 aliphatic rings. The summed E-state index contributed by atoms with van der Waals surface area (Å²) in [6, 6.07) is 9.36. The number of Topliss-reactive ketones (excluding diaryl/α,β-unsaturated/α-hetero) is 1. The topological polar surface area (TPSA) is 92.8 Å². The van der Waals surface area contributed by atoms with Gasteiger partial charge in [0.05, 0.1) is 10.5 Å². The summed E-state index contributed by atoms with van der Waals surface area (Å²) in [5, 5.41) is 3.05. The van der Waals surface area contributed by atoms with E-state index in [4.69, 9.17) is 16.3 Å². The number of sulfonamides is 1. The molecule has 1 heterocycles. The summed E-state index contributed by atoms with van der Waals surface area (Å²) >= 11 is 5.91. The summed E-state index contributed by atoms with van der Waals surface area (Å²) in [4.78, 5) is 24.3. The summed E-state index contributed by atoms with van der Waals surface area (Å²) in [6.07, 6.45) is 2.72. The Morgan fingerprint density at radius 2 is 1.81 bits per heavy atom. The lowest BCUT2D eigenvalue weighted by atomic mass is 10.1. The van der Waals surface area contributed by atoms with Gasteiger partial charge < -0.3 is 10.1 Å². The fraction of sp³-hybridized carbons (Fsp3) is 0.364. The minimum atomic E-state index is -3.62. The number of ketones is 1. The Morgan fingerprint density at radius 1 is 1.10 bits per heavy atom. The zero-order valence-corrected chi connectivity index (χ0v) is 19.1. The average molecular weight is 465 g/mol. The number of hydrogen-bond donors (Lipinski definition) is 1. The molecule has 0 unspecified atom stereocenters. The predicted molar refractivity (Wildman–Crippen MR) is 119 cm³/mol. The van der Waals surface area contributed by atoms with Gasteiger partial charge in [0.15, 0.2) is 12.4 Å². The molecule has 166 valence electrons. The van der Waals surface area contributed by atoms with E-state index in [2.05, 4.69) is 5.32 Å². The maximum Gasteiger partial charge on any atom is 0.262 e. The highest BCUT2D eigenvalue weighted by Gasteiger charge is 2.27. The summed E-state index contributed by atoms with van der Waals surface area (Å²) in [5.74, 6) is -0.456. The molecule has 7 nitrogen and oxygen atoms in total. The van der Waals surface area contributed by atoms with Crippen molar-refractivity contribution in [3.63, 3.8) is 0 Å². The van der Waals surface area contributed by atoms with Crippen molar-refractivity contribution in [2.24, 2.45) is 0 Å². The molecule has 0 bridgehead atoms. The lowest BCUT2D eigenvalue weighted by Crippen LogP contribution is -2.36. The lowest BCUT2D eigenvalue weighted by Gasteiger charge is -2.26. The molecule has 1 saturated heterocycles. The van der Waals surface area contributed by atoms with Crippen molar-refractivity contribution in [2.75, 3.05) is 25.0 Å². The quantitative estimate of drug-likeness (QED) is 0.624. The SMILES string of the molecule is CC(=O)c1cc(Cl)ccc1OCC(=O)Nc1ccc(C)c(S(=O)(=O)N2CCCCC2)c1. The molecule has 0 atom stereocenters. The van der Waals surface area contributed by atoms with Crippen LogP contribution < -0.4 is 10.1 Å². The van der Waals surface area contributed by atoms with E-state index in [1.807, 2.05) is 0 Å². The van der Waals surface area contributed by atoms with Crippen LogP contribution in [0.3, 0.4) is 0 Å². The predicted octanol–water partition coefficient (Wildman–Crippen LogP) is 4.04. The minimum absolute atomic E-state index is 0.185. The van der Waals surface area contributed by atoms with Crippen LogP contribution in [0.5, 0.6) is 5.75 Å². The number of hydrogen-bond acceptors (Lipinski definition) is 5. The Hall–Kier alpha value is -2.42. The lowest BCUT2D eigenvalue weighted by molar-refractivity contribution is -0.118. The van der Waals surface area contributed by atoms with Gasteiger partial charge in [-0.15, -0.1) is 0 Å². The van der Waals surface area contributed by atoms with E-state index < -0.39 is 15.9 Å². The second-order valence-electron chi connectivity index (χ2n) is 7.48. The van der Waals surface area contributed by atoms with Gasteiger partial charge in [0.1, 0.15) is 5.75 Å². The standard InChI is InChI=1S/C22H25ClN2O5S/c1-15-6-8-18(13-21(15)31(28,29)25-10-4-3-5-11-25)24-22(27)14-30-20-9-7-17(23)12-19(20)16(2)26/h6-9,12-13H,3-5,10-11,14H2,1-2H3,(H,24,27). The summed E-state index contributed by atoms with van der Waals surface area (Å²) in [7, 11) is -3.62. The van der Waals surface area contributed by atoms with Gasteiger partial charge in [-0.05, 0) is 62.6 Å². The van der Waals surface area contributed by atoms with Crippen LogP contribution in [-0.2, 0) is 14.8 Å². The first-order valence-electron chi connectivity index (χ1n) is 10.0. The molecular weight excluding hydrogens is 440 g/mol. The number of piperidine rings is 1. The van der Waals surface area contributed by atoms with E-state index in [0.717, 1.165) is 19.3 Å². The molecule has 9 heteroatoms. The third kappa shape index (κ3) is 5.64. The normalized spacial score (nSPS) is 14.8. The van der Waals surface area contributed by atoms with Gasteiger partial charge in [-0.3, -0.25) is 9.59 Å². The van der Waals surface area contributed by atoms with Gasteiger partial charge in [0.25, 0.3) is 5.91 Å². The smallest absolute Gasteiger partial charge is 0.262 e. The zero-order valence-electron chi connectivity index (χ0n) is 17.5. The van der Waals surface area contributed by atoms with Crippen LogP contribution in [0.1, 0.15) is 42.1 Å². The molecule has 2 aromatic rings. The second-order valence-corrected chi connectivity index (χ2v) is 9.82. The first-order chi connectivity index (χ1) is 14.7. The number of aryl methyl sites for hydroxylation is 1. The Kier molecular flexibility index (Phi) is 7.35. The summed E-state index contributed by atoms with van der Waals surface area (Å²) in [5.41, 5.74) is 1.26. The van der Waals surface area contributed by atoms with E-state index in [9.17, 15) is 18.0 Å². The van der Waals surface area contributed by atoms with E-state index in [1.165, 1.54) is 29.4 Å². The van der Waals surface area contributed by atoms with Crippen LogP contribution in [0.15, 0.2) is 41.3 Å². The van der Waals surface area contributed by atoms with Crippen molar-refractivity contribution in [3.05, 3.63) is 52.5 Å². The maximum atomic E-state index is 13.0. The van der Waals surface area contributed by atoms with Gasteiger partial charge in [-0.25, -0.2) is 8.42 Å². The van der Waals surface area contributed by atoms with Crippen LogP contribution in [0.25, 0.3) is 0 Å². The highest BCUT2D eigenvalue weighted by molar-refractivity contribution is 7.89. The fourth-order valence-electron chi connectivity index (χ4n) is 3.44. The Morgan fingerprint density at radius 3 is 2.48 bits per heavy atom. The zero-order chi connectivity index (χ0) is 22.6. The number of benzene rings is 2. The van der Waals surface area contributed by atoms with E-state index in [1.54, 1.807) is 25.1 Å². The van der Waals surface area contributed by atoms with Crippen molar-refractivity contribution in [1.82, 2.24) is 4.31 Å². The number of carbonyl (C=O) groups is 2. The average Bonchev–Trinajstić information content (AvgIpc) is 2.74.